The van der Waals surface area contributed by atoms with E-state index in [9.17, 15) is 9.59 Å². The minimum absolute atomic E-state index is 0.0814. The average Bonchev–Trinajstić information content (AvgIpc) is 3.16. The lowest BCUT2D eigenvalue weighted by Gasteiger charge is -2.25. The maximum atomic E-state index is 12.0. The normalized spacial score (nSPS) is 17.6. The minimum Gasteiger partial charge on any atom is -0.476 e. The Hall–Kier alpha value is -1.16. The molecule has 1 amide bonds. The predicted octanol–water partition coefficient (Wildman–Crippen LogP) is 1.55. The van der Waals surface area contributed by atoms with Gasteiger partial charge in [-0.05, 0) is 19.4 Å². The molecule has 9 heteroatoms. The van der Waals surface area contributed by atoms with Crippen molar-refractivity contribution in [2.75, 3.05) is 39.1 Å². The second kappa shape index (κ2) is 9.97. The molecular weight excluding hydrogens is 350 g/mol. The number of likely N-dealkylation sites (tertiary alicyclic amines) is 1. The number of aromatic carboxylic acids is 1. The number of nitrogens with one attached hydrogen (secondary N) is 1. The number of amides is 1. The van der Waals surface area contributed by atoms with Crippen LogP contribution in [0.1, 0.15) is 29.8 Å². The Morgan fingerprint density at radius 2 is 2.46 bits per heavy atom. The lowest BCUT2D eigenvalue weighted by Crippen LogP contribution is -2.41. The van der Waals surface area contributed by atoms with Crippen LogP contribution in [-0.2, 0) is 9.53 Å². The number of thiazole rings is 1. The summed E-state index contributed by atoms with van der Waals surface area (Å²) in [7, 11) is 1.69. The Morgan fingerprint density at radius 3 is 3.17 bits per heavy atom. The van der Waals surface area contributed by atoms with Crippen molar-refractivity contribution in [1.29, 1.82) is 0 Å². The molecule has 1 aliphatic heterocycles. The highest BCUT2D eigenvalue weighted by atomic mass is 32.2. The first-order valence-corrected chi connectivity index (χ1v) is 9.79. The zero-order valence-electron chi connectivity index (χ0n) is 13.7. The number of hydrogen-bond acceptors (Lipinski definition) is 7. The van der Waals surface area contributed by atoms with E-state index in [1.165, 1.54) is 23.1 Å². The summed E-state index contributed by atoms with van der Waals surface area (Å²) in [5, 5.41) is 13.8. The van der Waals surface area contributed by atoms with Gasteiger partial charge in [-0.2, -0.15) is 0 Å². The number of rotatable bonds is 11. The number of thioether (sulfide) groups is 1. The van der Waals surface area contributed by atoms with Crippen molar-refractivity contribution in [3.8, 4) is 0 Å². The van der Waals surface area contributed by atoms with Crippen LogP contribution in [0.4, 0.5) is 0 Å². The standard InChI is InChI=1S/C15H23N3O4S2/c1-22-7-2-5-16-9-11-3-4-13(19)18(11)6-8-23-15-17-12(10-24-15)14(20)21/h10-11,16H,2-9H2,1H3,(H,20,21). The van der Waals surface area contributed by atoms with Gasteiger partial charge in [-0.15, -0.1) is 11.3 Å². The molecule has 2 N–H and O–H groups in total. The zero-order chi connectivity index (χ0) is 17.4. The minimum atomic E-state index is -1.01. The molecular formula is C15H23N3O4S2. The molecule has 0 aromatic carbocycles. The zero-order valence-corrected chi connectivity index (χ0v) is 15.3. The van der Waals surface area contributed by atoms with E-state index in [1.54, 1.807) is 12.5 Å². The molecule has 0 bridgehead atoms. The number of carboxylic acids is 1. The second-order valence-corrected chi connectivity index (χ2v) is 7.68. The molecule has 2 heterocycles. The van der Waals surface area contributed by atoms with Gasteiger partial charge in [0.2, 0.25) is 5.91 Å². The Labute approximate surface area is 149 Å². The fourth-order valence-electron chi connectivity index (χ4n) is 2.58. The van der Waals surface area contributed by atoms with Crippen molar-refractivity contribution in [3.05, 3.63) is 11.1 Å². The van der Waals surface area contributed by atoms with E-state index < -0.39 is 5.97 Å². The number of carbonyl (C=O) groups is 2. The summed E-state index contributed by atoms with van der Waals surface area (Å²) < 4.78 is 5.74. The molecule has 1 saturated heterocycles. The molecule has 24 heavy (non-hydrogen) atoms. The highest BCUT2D eigenvalue weighted by Crippen LogP contribution is 2.24. The summed E-state index contributed by atoms with van der Waals surface area (Å²) in [5.41, 5.74) is 0.0814. The topological polar surface area (TPSA) is 91.8 Å². The van der Waals surface area contributed by atoms with Crippen LogP contribution < -0.4 is 5.32 Å². The Balaban J connectivity index is 1.72. The van der Waals surface area contributed by atoms with E-state index in [2.05, 4.69) is 10.3 Å². The van der Waals surface area contributed by atoms with Crippen LogP contribution in [0, 0.1) is 0 Å². The lowest BCUT2D eigenvalue weighted by atomic mass is 10.2. The quantitative estimate of drug-likeness (QED) is 0.449. The van der Waals surface area contributed by atoms with Gasteiger partial charge in [-0.3, -0.25) is 4.79 Å². The number of aromatic nitrogens is 1. The fraction of sp³-hybridized carbons (Fsp3) is 0.667. The first-order chi connectivity index (χ1) is 11.6. The molecule has 0 spiro atoms. The van der Waals surface area contributed by atoms with Crippen molar-refractivity contribution >= 4 is 35.0 Å². The molecule has 0 radical (unpaired) electrons. The average molecular weight is 374 g/mol. The van der Waals surface area contributed by atoms with E-state index in [1.807, 2.05) is 4.90 Å². The maximum Gasteiger partial charge on any atom is 0.355 e. The van der Waals surface area contributed by atoms with Crippen LogP contribution in [0.15, 0.2) is 9.72 Å². The number of ether oxygens (including phenoxy) is 1. The van der Waals surface area contributed by atoms with Crippen LogP contribution in [0.5, 0.6) is 0 Å². The Bertz CT molecular complexity index is 553. The van der Waals surface area contributed by atoms with Gasteiger partial charge in [0.05, 0.1) is 0 Å². The van der Waals surface area contributed by atoms with Gasteiger partial charge in [0.25, 0.3) is 0 Å². The van der Waals surface area contributed by atoms with Crippen LogP contribution in [0.2, 0.25) is 0 Å². The summed E-state index contributed by atoms with van der Waals surface area (Å²) >= 11 is 2.82. The molecule has 7 nitrogen and oxygen atoms in total. The predicted molar refractivity (Wildman–Crippen MR) is 93.9 cm³/mol. The van der Waals surface area contributed by atoms with Crippen LogP contribution in [0.25, 0.3) is 0 Å². The molecule has 134 valence electrons. The smallest absolute Gasteiger partial charge is 0.355 e. The molecule has 1 unspecified atom stereocenters. The third-order valence-corrected chi connectivity index (χ3v) is 5.80. The SMILES string of the molecule is COCCCNCC1CCC(=O)N1CCSc1nc(C(=O)O)cs1. The highest BCUT2D eigenvalue weighted by molar-refractivity contribution is 8.01. The first kappa shape index (κ1) is 19.2. The van der Waals surface area contributed by atoms with E-state index in [0.29, 0.717) is 13.0 Å². The third-order valence-electron chi connectivity index (χ3n) is 3.79. The number of nitrogens with zero attached hydrogens (tertiary/aromatic N) is 2. The van der Waals surface area contributed by atoms with Crippen molar-refractivity contribution in [1.82, 2.24) is 15.2 Å². The molecule has 1 aromatic rings. The van der Waals surface area contributed by atoms with Gasteiger partial charge < -0.3 is 20.1 Å². The van der Waals surface area contributed by atoms with Crippen LogP contribution in [-0.4, -0.2) is 72.0 Å². The molecule has 1 atom stereocenters. The summed E-state index contributed by atoms with van der Waals surface area (Å²) in [6.45, 7) is 3.09. The van der Waals surface area contributed by atoms with Gasteiger partial charge >= 0.3 is 5.97 Å². The van der Waals surface area contributed by atoms with Crippen LogP contribution >= 0.6 is 23.1 Å². The molecule has 2 rings (SSSR count). The summed E-state index contributed by atoms with van der Waals surface area (Å²) in [4.78, 5) is 28.8. The fourth-order valence-corrected chi connectivity index (χ4v) is 4.39. The molecule has 1 fully saturated rings. The van der Waals surface area contributed by atoms with Gasteiger partial charge in [-0.25, -0.2) is 9.78 Å². The van der Waals surface area contributed by atoms with Gasteiger partial charge in [0.1, 0.15) is 0 Å². The summed E-state index contributed by atoms with van der Waals surface area (Å²) in [5.74, 6) is -0.0875. The largest absolute Gasteiger partial charge is 0.476 e. The van der Waals surface area contributed by atoms with Gasteiger partial charge in [0.15, 0.2) is 10.0 Å². The summed E-state index contributed by atoms with van der Waals surface area (Å²) in [6.07, 6.45) is 2.46. The monoisotopic (exact) mass is 373 g/mol. The van der Waals surface area contributed by atoms with Crippen molar-refractivity contribution < 1.29 is 19.4 Å². The van der Waals surface area contributed by atoms with E-state index >= 15 is 0 Å². The Morgan fingerprint density at radius 1 is 1.62 bits per heavy atom. The van der Waals surface area contributed by atoms with E-state index in [0.717, 1.165) is 42.6 Å². The molecule has 0 saturated carbocycles. The highest BCUT2D eigenvalue weighted by Gasteiger charge is 2.30. The molecule has 0 aliphatic carbocycles. The van der Waals surface area contributed by atoms with Gasteiger partial charge in [-0.1, -0.05) is 11.8 Å². The summed E-state index contributed by atoms with van der Waals surface area (Å²) in [6, 6.07) is 0.242. The van der Waals surface area contributed by atoms with Crippen molar-refractivity contribution in [2.24, 2.45) is 0 Å². The molecule has 1 aliphatic rings. The first-order valence-electron chi connectivity index (χ1n) is 7.92. The van der Waals surface area contributed by atoms with E-state index in [4.69, 9.17) is 9.84 Å². The second-order valence-electron chi connectivity index (χ2n) is 5.48. The van der Waals surface area contributed by atoms with Gasteiger partial charge in [0, 0.05) is 50.4 Å². The Kier molecular flexibility index (Phi) is 7.97. The number of carboxylic acid groups (broad SMARTS) is 1. The lowest BCUT2D eigenvalue weighted by molar-refractivity contribution is -0.128. The number of methoxy groups -OCH3 is 1. The van der Waals surface area contributed by atoms with Crippen LogP contribution in [0.3, 0.4) is 0 Å². The van der Waals surface area contributed by atoms with Crippen molar-refractivity contribution in [3.63, 3.8) is 0 Å². The van der Waals surface area contributed by atoms with E-state index in [-0.39, 0.29) is 17.6 Å². The maximum absolute atomic E-state index is 12.0. The van der Waals surface area contributed by atoms with Crippen molar-refractivity contribution in [2.45, 2.75) is 29.6 Å². The number of carbonyl (C=O) groups excluding carboxylic acids is 1. The third kappa shape index (κ3) is 5.73. The number of hydrogen-bond donors (Lipinski definition) is 2. The molecule has 1 aromatic heterocycles.